The predicted octanol–water partition coefficient (Wildman–Crippen LogP) is 19.9. The van der Waals surface area contributed by atoms with E-state index in [1.165, 1.54) is 49.1 Å². The molecule has 0 bridgehead atoms. The Kier molecular flexibility index (Phi) is 8.50. The molecule has 0 fully saturated rings. The van der Waals surface area contributed by atoms with Crippen LogP contribution in [0.1, 0.15) is 44.2 Å². The van der Waals surface area contributed by atoms with Gasteiger partial charge >= 0.3 is 558 Å². The third-order valence-corrected chi connectivity index (χ3v) is 24.3. The Bertz CT molecular complexity index is 7210. The predicted molar refractivity (Wildman–Crippen MR) is 411 cm³/mol. The van der Waals surface area contributed by atoms with Gasteiger partial charge in [-0.15, -0.1) is 0 Å². The van der Waals surface area contributed by atoms with Crippen molar-refractivity contribution in [2.75, 3.05) is 4.90 Å². The van der Waals surface area contributed by atoms with Crippen molar-refractivity contribution < 1.29 is 21.9 Å². The van der Waals surface area contributed by atoms with Crippen LogP contribution >= 0.6 is 11.3 Å². The summed E-state index contributed by atoms with van der Waals surface area (Å²) in [6.45, 7) is -0.609. The number of benzene rings is 15. The number of nitrogens with zero attached hydrogens (tertiary/aromatic N) is 3. The van der Waals surface area contributed by atoms with Gasteiger partial charge in [-0.25, -0.2) is 0 Å². The van der Waals surface area contributed by atoms with Gasteiger partial charge in [0.25, 0.3) is 0 Å². The summed E-state index contributed by atoms with van der Waals surface area (Å²) in [7, 11) is 0. The summed E-state index contributed by atoms with van der Waals surface area (Å²) in [5.41, 5.74) is 19.6. The number of fused-ring (bicyclic) bond motifs is 24. The zero-order valence-electron chi connectivity index (χ0n) is 67.2. The van der Waals surface area contributed by atoms with Crippen molar-refractivity contribution in [3.05, 3.63) is 349 Å². The number of thiophene rings is 1. The first-order valence-corrected chi connectivity index (χ1v) is 34.8. The molecule has 0 amide bonds. The van der Waals surface area contributed by atoms with Crippen molar-refractivity contribution >= 4 is 139 Å². The summed E-state index contributed by atoms with van der Waals surface area (Å²) in [6.07, 6.45) is 0. The first-order chi connectivity index (χ1) is 54.8. The number of anilines is 3. The van der Waals surface area contributed by atoms with Gasteiger partial charge in [-0.3, -0.25) is 0 Å². The number of para-hydroxylation sites is 5. The van der Waals surface area contributed by atoms with E-state index in [4.69, 9.17) is 5.48 Å². The first-order valence-electron chi connectivity index (χ1n) is 40.3. The van der Waals surface area contributed by atoms with Gasteiger partial charge in [-0.2, -0.15) is 0 Å². The average Bonchev–Trinajstić information content (AvgIpc) is 1.59. The van der Waals surface area contributed by atoms with Gasteiger partial charge in [0.1, 0.15) is 0 Å². The molecule has 6 heteroatoms. The van der Waals surface area contributed by atoms with Gasteiger partial charge in [0.05, 0.1) is 2.74 Å². The van der Waals surface area contributed by atoms with Crippen LogP contribution in [0.4, 0.5) is 17.1 Å². The van der Waals surface area contributed by atoms with E-state index in [0.29, 0.717) is 28.4 Å². The third-order valence-electron chi connectivity index (χ3n) is 20.7. The molecule has 5 heterocycles. The molecule has 1 spiro atoms. The van der Waals surface area contributed by atoms with Crippen LogP contribution < -0.4 is 30.2 Å². The Balaban J connectivity index is 0.860. The summed E-state index contributed by atoms with van der Waals surface area (Å²) in [6, 6.07) is 72.2. The van der Waals surface area contributed by atoms with Gasteiger partial charge in [-0.1, -0.05) is 36.4 Å². The van der Waals surface area contributed by atoms with Crippen molar-refractivity contribution in [3.8, 4) is 67.0 Å². The Labute approximate surface area is 593 Å². The summed E-state index contributed by atoms with van der Waals surface area (Å²) in [5, 5.41) is 1.80. The fourth-order valence-electron chi connectivity index (χ4n) is 16.8. The fourth-order valence-corrected chi connectivity index (χ4v) is 20.9. The van der Waals surface area contributed by atoms with Gasteiger partial charge in [0, 0.05) is 0 Å². The van der Waals surface area contributed by atoms with Crippen molar-refractivity contribution in [1.29, 1.82) is 0 Å². The molecule has 3 nitrogen and oxygen atoms in total. The zero-order valence-corrected chi connectivity index (χ0v) is 53.7. The molecular weight excluding hydrogens is 1260 g/mol. The first kappa shape index (κ1) is 40.7. The molecule has 22 rings (SSSR count). The fraction of sp³-hybridized carbons (Fsp3) is 0.0110. The minimum atomic E-state index is -0.633. The minimum absolute atomic E-state index is 0.0487. The third kappa shape index (κ3) is 7.36. The molecule has 15 aromatic carbocycles. The van der Waals surface area contributed by atoms with Crippen LogP contribution in [0.3, 0.4) is 0 Å². The normalized spacial score (nSPS) is 15.9. The summed E-state index contributed by atoms with van der Waals surface area (Å²) in [5.74, 6) is 0. The molecule has 97 heavy (non-hydrogen) atoms. The Morgan fingerprint density at radius 3 is 1.42 bits per heavy atom. The summed E-state index contributed by atoms with van der Waals surface area (Å²) < 4.78 is 158. The molecule has 0 saturated heterocycles. The van der Waals surface area contributed by atoms with Crippen LogP contribution in [0.2, 0.25) is 0 Å². The SMILES string of the molecule is [2H]c1c([2H])c([2H])c2c(c1[2H])c1c([2H])c([2H])c([2H])c([2H])c1n2-c1ccc2c(c1)N(c1c(-c3ccccc3)cccc1-c1ccccc1)c1cc(-n3c4c([2H])c([2H])c([2H])c([2H])c4c4c([2H])c([2H])c([2H])c([2H])c43)cc3c1B2c1ccc2sc4ccc(-c5ccc6c(c5)-c5ccccc5C65c6ccccc6-c6ccccc65)cc4c2c1[Se]3. The van der Waals surface area contributed by atoms with Crippen LogP contribution in [0.5, 0.6) is 0 Å². The quantitative estimate of drug-likeness (QED) is 0.151. The molecule has 2 aliphatic carbocycles. The van der Waals surface area contributed by atoms with E-state index < -0.39 is 124 Å². The molecule has 448 valence electrons. The van der Waals surface area contributed by atoms with Crippen molar-refractivity contribution in [2.45, 2.75) is 5.41 Å². The second-order valence-corrected chi connectivity index (χ2v) is 28.6. The summed E-state index contributed by atoms with van der Waals surface area (Å²) in [4.78, 5) is 2.19. The van der Waals surface area contributed by atoms with Gasteiger partial charge in [-0.05, 0) is 0 Å². The number of hydrogen-bond acceptors (Lipinski definition) is 2. The van der Waals surface area contributed by atoms with E-state index in [0.717, 1.165) is 78.9 Å². The van der Waals surface area contributed by atoms with Crippen LogP contribution in [0, 0.1) is 0 Å². The zero-order chi connectivity index (χ0) is 77.1. The van der Waals surface area contributed by atoms with E-state index in [1.807, 2.05) is 97.1 Å². The van der Waals surface area contributed by atoms with Crippen LogP contribution in [-0.4, -0.2) is 30.8 Å². The number of aromatic nitrogens is 2. The second kappa shape index (κ2) is 20.3. The monoisotopic (exact) mass is 1330 g/mol. The van der Waals surface area contributed by atoms with E-state index in [1.54, 1.807) is 15.9 Å². The van der Waals surface area contributed by atoms with Crippen LogP contribution in [0.25, 0.3) is 131 Å². The molecular formula is C91H54BN3SSe. The topological polar surface area (TPSA) is 13.1 Å². The van der Waals surface area contributed by atoms with Crippen molar-refractivity contribution in [1.82, 2.24) is 9.13 Å². The number of rotatable bonds is 6. The molecule has 0 N–H and O–H groups in total. The molecule has 4 aliphatic rings. The van der Waals surface area contributed by atoms with Gasteiger partial charge in [0.2, 0.25) is 0 Å². The molecule has 0 unspecified atom stereocenters. The van der Waals surface area contributed by atoms with Gasteiger partial charge in [0.15, 0.2) is 0 Å². The Morgan fingerprint density at radius 2 is 0.825 bits per heavy atom. The maximum absolute atomic E-state index is 9.91. The van der Waals surface area contributed by atoms with E-state index in [-0.39, 0.29) is 43.6 Å². The average molecular weight is 1330 g/mol. The Hall–Kier alpha value is -11.5. The molecule has 3 aromatic heterocycles. The maximum atomic E-state index is 9.91. The van der Waals surface area contributed by atoms with Crippen LogP contribution in [-0.2, 0) is 5.41 Å². The molecule has 18 aromatic rings. The summed E-state index contributed by atoms with van der Waals surface area (Å²) >= 11 is 1.07. The van der Waals surface area contributed by atoms with E-state index in [2.05, 4.69) is 138 Å². The van der Waals surface area contributed by atoms with Crippen molar-refractivity contribution in [3.63, 3.8) is 0 Å². The standard InChI is InChI=1S/C91H54BN3SSe/c1-3-22-55(23-4-1)61-33-21-34-62(56-24-5-2-6-25-56)89(61)95-82-52-59(93-78-38-17-10-29-66(78)67-30-11-18-39-79(67)93)44-46-76(82)92-77-47-49-85-87(90(77)97-86-54-60(53-83(95)88(86)92)94-80-40-19-12-31-68(80)69-32-13-20-41-81(69)94)71-51-58(43-48-84(71)96-85)57-42-45-75-70(50-57)65-28-9-16-37-74(65)91(75)72-35-14-7-26-63(72)64-27-8-15-36-73(64)91/h1-54H/i10D,11D,12D,13D,17D,18D,19D,20D,29D,30D,31D,32D,38D,39D,40D,41D. The number of hydrogen-bond donors (Lipinski definition) is 0. The van der Waals surface area contributed by atoms with Crippen molar-refractivity contribution in [2.24, 2.45) is 0 Å². The molecule has 0 atom stereocenters. The van der Waals surface area contributed by atoms with Gasteiger partial charge < -0.3 is 0 Å². The second-order valence-electron chi connectivity index (χ2n) is 25.3. The Morgan fingerprint density at radius 1 is 0.351 bits per heavy atom. The molecule has 2 aliphatic heterocycles. The molecule has 0 radical (unpaired) electrons. The van der Waals surface area contributed by atoms with E-state index in [9.17, 15) is 16.4 Å². The van der Waals surface area contributed by atoms with E-state index >= 15 is 0 Å². The van der Waals surface area contributed by atoms with Crippen LogP contribution in [0.15, 0.2) is 327 Å². The molecule has 0 saturated carbocycles.